The number of carbonyl (C=O) groups is 2. The first kappa shape index (κ1) is 24.5. The molecule has 0 radical (unpaired) electrons. The highest BCUT2D eigenvalue weighted by molar-refractivity contribution is 5.89. The van der Waals surface area contributed by atoms with E-state index in [2.05, 4.69) is 10.6 Å². The fourth-order valence-electron chi connectivity index (χ4n) is 4.17. The Morgan fingerprint density at radius 2 is 1.28 bits per heavy atom. The molecule has 0 saturated carbocycles. The van der Waals surface area contributed by atoms with Crippen molar-refractivity contribution in [2.24, 2.45) is 0 Å². The Hall–Kier alpha value is -4.58. The lowest BCUT2D eigenvalue weighted by molar-refractivity contribution is -0.150. The summed E-state index contributed by atoms with van der Waals surface area (Å²) < 4.78 is 10.9. The molecular weight excluding hydrogens is 452 g/mol. The van der Waals surface area contributed by atoms with Crippen LogP contribution in [0.4, 0.5) is 10.5 Å². The minimum atomic E-state index is -1.65. The second-order valence-electron chi connectivity index (χ2n) is 8.21. The van der Waals surface area contributed by atoms with E-state index in [0.717, 1.165) is 16.8 Å². The molecule has 0 fully saturated rings. The maximum atomic E-state index is 13.7. The SMILES string of the molecule is COC(=O)C(NC(=O)OCc1ccccc1)(c1ccccc1)C(Nc1ccccc1)c1ccccc1. The Morgan fingerprint density at radius 3 is 1.86 bits per heavy atom. The Morgan fingerprint density at radius 1 is 0.750 bits per heavy atom. The summed E-state index contributed by atoms with van der Waals surface area (Å²) in [4.78, 5) is 27.0. The van der Waals surface area contributed by atoms with Gasteiger partial charge in [-0.05, 0) is 28.8 Å². The van der Waals surface area contributed by atoms with Crippen LogP contribution in [0, 0.1) is 0 Å². The van der Waals surface area contributed by atoms with E-state index in [9.17, 15) is 9.59 Å². The average molecular weight is 481 g/mol. The van der Waals surface area contributed by atoms with Crippen LogP contribution in [0.1, 0.15) is 22.7 Å². The highest BCUT2D eigenvalue weighted by Crippen LogP contribution is 2.39. The number of carbonyl (C=O) groups excluding carboxylic acids is 2. The first-order valence-corrected chi connectivity index (χ1v) is 11.6. The first-order chi connectivity index (χ1) is 17.6. The molecule has 6 heteroatoms. The van der Waals surface area contributed by atoms with Crippen LogP contribution in [0.3, 0.4) is 0 Å². The quantitative estimate of drug-likeness (QED) is 0.295. The molecule has 6 nitrogen and oxygen atoms in total. The van der Waals surface area contributed by atoms with Crippen LogP contribution >= 0.6 is 0 Å². The molecule has 4 aromatic rings. The van der Waals surface area contributed by atoms with Gasteiger partial charge in [-0.3, -0.25) is 5.32 Å². The molecule has 0 saturated heterocycles. The molecular formula is C30H28N2O4. The van der Waals surface area contributed by atoms with Crippen LogP contribution in [0.25, 0.3) is 0 Å². The van der Waals surface area contributed by atoms with Gasteiger partial charge >= 0.3 is 12.1 Å². The van der Waals surface area contributed by atoms with Gasteiger partial charge in [0.05, 0.1) is 13.2 Å². The number of rotatable bonds is 9. The smallest absolute Gasteiger partial charge is 0.408 e. The highest BCUT2D eigenvalue weighted by atomic mass is 16.6. The Bertz CT molecular complexity index is 1250. The van der Waals surface area contributed by atoms with Crippen molar-refractivity contribution < 1.29 is 19.1 Å². The minimum Gasteiger partial charge on any atom is -0.467 e. The number of methoxy groups -OCH3 is 1. The molecule has 0 aliphatic carbocycles. The van der Waals surface area contributed by atoms with E-state index in [1.807, 2.05) is 109 Å². The van der Waals surface area contributed by atoms with Crippen LogP contribution < -0.4 is 10.6 Å². The van der Waals surface area contributed by atoms with Crippen molar-refractivity contribution in [2.75, 3.05) is 12.4 Å². The van der Waals surface area contributed by atoms with Gasteiger partial charge in [0.15, 0.2) is 5.54 Å². The first-order valence-electron chi connectivity index (χ1n) is 11.6. The summed E-state index contributed by atoms with van der Waals surface area (Å²) in [6, 6.07) is 36.6. The van der Waals surface area contributed by atoms with E-state index in [1.165, 1.54) is 7.11 Å². The number of benzene rings is 4. The zero-order chi connectivity index (χ0) is 25.2. The normalized spacial score (nSPS) is 13.0. The van der Waals surface area contributed by atoms with Crippen molar-refractivity contribution in [3.8, 4) is 0 Å². The molecule has 0 aliphatic rings. The second kappa shape index (κ2) is 11.7. The zero-order valence-electron chi connectivity index (χ0n) is 20.0. The maximum absolute atomic E-state index is 13.7. The van der Waals surface area contributed by atoms with Crippen molar-refractivity contribution in [3.05, 3.63) is 138 Å². The number of hydrogen-bond acceptors (Lipinski definition) is 5. The van der Waals surface area contributed by atoms with Gasteiger partial charge in [0.1, 0.15) is 6.61 Å². The van der Waals surface area contributed by atoms with Gasteiger partial charge < -0.3 is 14.8 Å². The number of para-hydroxylation sites is 1. The molecule has 0 spiro atoms. The molecule has 0 bridgehead atoms. The number of ether oxygens (including phenoxy) is 2. The third-order valence-corrected chi connectivity index (χ3v) is 5.90. The molecule has 1 amide bonds. The van der Waals surface area contributed by atoms with Gasteiger partial charge in [-0.2, -0.15) is 0 Å². The van der Waals surface area contributed by atoms with E-state index in [0.29, 0.717) is 5.56 Å². The predicted molar refractivity (Wildman–Crippen MR) is 139 cm³/mol. The number of hydrogen-bond donors (Lipinski definition) is 2. The molecule has 2 unspecified atom stereocenters. The number of nitrogens with one attached hydrogen (secondary N) is 2. The lowest BCUT2D eigenvalue weighted by atomic mass is 9.78. The summed E-state index contributed by atoms with van der Waals surface area (Å²) in [6.45, 7) is 0.0564. The third kappa shape index (κ3) is 5.55. The van der Waals surface area contributed by atoms with E-state index >= 15 is 0 Å². The molecule has 2 atom stereocenters. The molecule has 36 heavy (non-hydrogen) atoms. The van der Waals surface area contributed by atoms with E-state index in [1.54, 1.807) is 12.1 Å². The van der Waals surface area contributed by atoms with E-state index in [-0.39, 0.29) is 6.61 Å². The zero-order valence-corrected chi connectivity index (χ0v) is 20.0. The molecule has 2 N–H and O–H groups in total. The van der Waals surface area contributed by atoms with Crippen LogP contribution in [0.5, 0.6) is 0 Å². The monoisotopic (exact) mass is 480 g/mol. The van der Waals surface area contributed by atoms with Crippen molar-refractivity contribution in [1.82, 2.24) is 5.32 Å². The van der Waals surface area contributed by atoms with Crippen LogP contribution in [0.15, 0.2) is 121 Å². The van der Waals surface area contributed by atoms with Crippen molar-refractivity contribution >= 4 is 17.7 Å². The summed E-state index contributed by atoms with van der Waals surface area (Å²) in [7, 11) is 1.31. The summed E-state index contributed by atoms with van der Waals surface area (Å²) in [5.74, 6) is -0.636. The Balaban J connectivity index is 1.80. The van der Waals surface area contributed by atoms with E-state index in [4.69, 9.17) is 9.47 Å². The second-order valence-corrected chi connectivity index (χ2v) is 8.21. The van der Waals surface area contributed by atoms with Crippen LogP contribution in [0.2, 0.25) is 0 Å². The predicted octanol–water partition coefficient (Wildman–Crippen LogP) is 5.83. The number of amides is 1. The molecule has 0 aromatic heterocycles. The largest absolute Gasteiger partial charge is 0.467 e. The standard InChI is InChI=1S/C30H28N2O4/c1-35-28(33)30(25-18-10-4-11-19-25,32-29(34)36-22-23-14-6-2-7-15-23)27(24-16-8-3-9-17-24)31-26-20-12-5-13-21-26/h2-21,27,31H,22H2,1H3,(H,32,34). The summed E-state index contributed by atoms with van der Waals surface area (Å²) in [6.07, 6.45) is -0.746. The van der Waals surface area contributed by atoms with Crippen LogP contribution in [-0.4, -0.2) is 19.2 Å². The summed E-state index contributed by atoms with van der Waals surface area (Å²) in [5.41, 5.74) is 1.28. The molecule has 182 valence electrons. The van der Waals surface area contributed by atoms with Crippen molar-refractivity contribution in [1.29, 1.82) is 0 Å². The molecule has 4 aromatic carbocycles. The number of anilines is 1. The third-order valence-electron chi connectivity index (χ3n) is 5.90. The molecule has 0 aliphatic heterocycles. The van der Waals surface area contributed by atoms with Crippen LogP contribution in [-0.2, 0) is 26.4 Å². The summed E-state index contributed by atoms with van der Waals surface area (Å²) in [5, 5.41) is 6.35. The highest BCUT2D eigenvalue weighted by Gasteiger charge is 2.51. The van der Waals surface area contributed by atoms with E-state index < -0.39 is 23.6 Å². The lowest BCUT2D eigenvalue weighted by Gasteiger charge is -2.40. The Labute approximate surface area is 210 Å². The number of alkyl carbamates (subject to hydrolysis) is 1. The maximum Gasteiger partial charge on any atom is 0.408 e. The number of esters is 1. The fraction of sp³-hybridized carbons (Fsp3) is 0.133. The minimum absolute atomic E-state index is 0.0564. The lowest BCUT2D eigenvalue weighted by Crippen LogP contribution is -2.58. The average Bonchev–Trinajstić information content (AvgIpc) is 2.95. The van der Waals surface area contributed by atoms with Crippen molar-refractivity contribution in [2.45, 2.75) is 18.2 Å². The fourth-order valence-corrected chi connectivity index (χ4v) is 4.17. The van der Waals surface area contributed by atoms with Gasteiger partial charge in [0, 0.05) is 5.69 Å². The van der Waals surface area contributed by atoms with Gasteiger partial charge in [-0.1, -0.05) is 109 Å². The van der Waals surface area contributed by atoms with Gasteiger partial charge in [0.2, 0.25) is 0 Å². The van der Waals surface area contributed by atoms with Gasteiger partial charge in [-0.15, -0.1) is 0 Å². The van der Waals surface area contributed by atoms with Crippen molar-refractivity contribution in [3.63, 3.8) is 0 Å². The Kier molecular flexibility index (Phi) is 7.98. The molecule has 4 rings (SSSR count). The van der Waals surface area contributed by atoms with Gasteiger partial charge in [0.25, 0.3) is 0 Å². The summed E-state index contributed by atoms with van der Waals surface area (Å²) >= 11 is 0. The molecule has 0 heterocycles. The topological polar surface area (TPSA) is 76.7 Å². The van der Waals surface area contributed by atoms with Gasteiger partial charge in [-0.25, -0.2) is 9.59 Å².